The van der Waals surface area contributed by atoms with E-state index in [1.807, 2.05) is 0 Å². The molecule has 5 nitrogen and oxygen atoms in total. The molecule has 2 aromatic carbocycles. The minimum atomic E-state index is -4.80. The van der Waals surface area contributed by atoms with Gasteiger partial charge in [-0.2, -0.15) is 0 Å². The molecule has 0 bridgehead atoms. The van der Waals surface area contributed by atoms with Crippen molar-refractivity contribution in [2.45, 2.75) is 18.2 Å². The Morgan fingerprint density at radius 1 is 1.08 bits per heavy atom. The number of hydrogen-bond acceptors (Lipinski definition) is 4. The fraction of sp³-hybridized carbons (Fsp3) is 0.188. The molecule has 0 aliphatic rings. The number of amides is 1. The number of ether oxygens (including phenoxy) is 1. The van der Waals surface area contributed by atoms with Crippen molar-refractivity contribution in [3.63, 3.8) is 0 Å². The van der Waals surface area contributed by atoms with Gasteiger partial charge < -0.3 is 10.1 Å². The van der Waals surface area contributed by atoms with E-state index < -0.39 is 27.9 Å². The number of sulfone groups is 1. The normalized spacial score (nSPS) is 11.9. The summed E-state index contributed by atoms with van der Waals surface area (Å²) in [6, 6.07) is 8.76. The lowest BCUT2D eigenvalue weighted by molar-refractivity contribution is -0.274. The van der Waals surface area contributed by atoms with Crippen molar-refractivity contribution in [3.05, 3.63) is 53.6 Å². The van der Waals surface area contributed by atoms with Gasteiger partial charge in [0.15, 0.2) is 9.84 Å². The lowest BCUT2D eigenvalue weighted by Gasteiger charge is -2.11. The number of nitrogens with one attached hydrogen (secondary N) is 1. The van der Waals surface area contributed by atoms with Gasteiger partial charge in [-0.25, -0.2) is 8.42 Å². The summed E-state index contributed by atoms with van der Waals surface area (Å²) in [6.45, 7) is 1.64. The molecule has 25 heavy (non-hydrogen) atoms. The fourth-order valence-electron chi connectivity index (χ4n) is 2.01. The van der Waals surface area contributed by atoms with Gasteiger partial charge in [-0.1, -0.05) is 6.07 Å². The molecule has 2 aromatic rings. The highest BCUT2D eigenvalue weighted by Crippen LogP contribution is 2.24. The van der Waals surface area contributed by atoms with Gasteiger partial charge in [0.1, 0.15) is 5.75 Å². The van der Waals surface area contributed by atoms with Gasteiger partial charge in [-0.05, 0) is 48.9 Å². The van der Waals surface area contributed by atoms with Crippen LogP contribution in [-0.2, 0) is 9.84 Å². The summed E-state index contributed by atoms with van der Waals surface area (Å²) in [7, 11) is -3.47. The standard InChI is InChI=1S/C16H14F3NO4S/c1-10-3-8-13(25(2,22)23)9-14(10)15(21)20-11-4-6-12(7-5-11)24-16(17,18)19/h3-9H,1-2H3,(H,20,21). The number of anilines is 1. The monoisotopic (exact) mass is 373 g/mol. The van der Waals surface area contributed by atoms with E-state index in [1.165, 1.54) is 30.3 Å². The number of benzene rings is 2. The van der Waals surface area contributed by atoms with E-state index in [2.05, 4.69) is 10.1 Å². The number of hydrogen-bond donors (Lipinski definition) is 1. The van der Waals surface area contributed by atoms with Crippen LogP contribution in [-0.4, -0.2) is 26.9 Å². The topological polar surface area (TPSA) is 72.5 Å². The molecule has 0 heterocycles. The third-order valence-corrected chi connectivity index (χ3v) is 4.34. The molecule has 0 fully saturated rings. The Hall–Kier alpha value is -2.55. The molecule has 0 aromatic heterocycles. The van der Waals surface area contributed by atoms with Gasteiger partial charge in [-0.15, -0.1) is 13.2 Å². The second-order valence-electron chi connectivity index (χ2n) is 5.28. The molecular weight excluding hydrogens is 359 g/mol. The van der Waals surface area contributed by atoms with Crippen LogP contribution in [0.5, 0.6) is 5.75 Å². The maximum atomic E-state index is 12.3. The molecule has 0 radical (unpaired) electrons. The number of aryl methyl sites for hydroxylation is 1. The van der Waals surface area contributed by atoms with E-state index in [0.29, 0.717) is 5.56 Å². The number of alkyl halides is 3. The SMILES string of the molecule is Cc1ccc(S(C)(=O)=O)cc1C(=O)Nc1ccc(OC(F)(F)F)cc1. The Labute approximate surface area is 142 Å². The Kier molecular flexibility index (Phi) is 5.07. The second-order valence-corrected chi connectivity index (χ2v) is 7.29. The van der Waals surface area contributed by atoms with Crippen molar-refractivity contribution >= 4 is 21.4 Å². The van der Waals surface area contributed by atoms with Crippen LogP contribution in [0.3, 0.4) is 0 Å². The molecule has 0 aliphatic heterocycles. The Bertz CT molecular complexity index is 891. The average molecular weight is 373 g/mol. The van der Waals surface area contributed by atoms with Gasteiger partial charge in [-0.3, -0.25) is 4.79 Å². The van der Waals surface area contributed by atoms with Gasteiger partial charge in [0.05, 0.1) is 4.90 Å². The van der Waals surface area contributed by atoms with Crippen LogP contribution in [0.2, 0.25) is 0 Å². The molecular formula is C16H14F3NO4S. The lowest BCUT2D eigenvalue weighted by atomic mass is 10.1. The molecule has 1 amide bonds. The fourth-order valence-corrected chi connectivity index (χ4v) is 2.66. The zero-order valence-corrected chi connectivity index (χ0v) is 14.0. The van der Waals surface area contributed by atoms with Gasteiger partial charge in [0.25, 0.3) is 5.91 Å². The summed E-state index contributed by atoms with van der Waals surface area (Å²) in [5.74, 6) is -0.992. The first kappa shape index (κ1) is 18.8. The van der Waals surface area contributed by atoms with Crippen molar-refractivity contribution < 1.29 is 31.1 Å². The summed E-state index contributed by atoms with van der Waals surface area (Å²) in [6.07, 6.45) is -3.77. The van der Waals surface area contributed by atoms with E-state index in [9.17, 15) is 26.4 Å². The average Bonchev–Trinajstić information content (AvgIpc) is 2.47. The zero-order valence-electron chi connectivity index (χ0n) is 13.2. The lowest BCUT2D eigenvalue weighted by Crippen LogP contribution is -2.17. The predicted octanol–water partition coefficient (Wildman–Crippen LogP) is 3.55. The van der Waals surface area contributed by atoms with Crippen LogP contribution < -0.4 is 10.1 Å². The Morgan fingerprint density at radius 2 is 1.68 bits per heavy atom. The second kappa shape index (κ2) is 6.75. The zero-order chi connectivity index (χ0) is 18.8. The van der Waals surface area contributed by atoms with Gasteiger partial charge in [0.2, 0.25) is 0 Å². The van der Waals surface area contributed by atoms with Gasteiger partial charge >= 0.3 is 6.36 Å². The van der Waals surface area contributed by atoms with E-state index in [0.717, 1.165) is 18.4 Å². The maximum absolute atomic E-state index is 12.3. The highest BCUT2D eigenvalue weighted by molar-refractivity contribution is 7.90. The summed E-state index contributed by atoms with van der Waals surface area (Å²) in [4.78, 5) is 12.3. The molecule has 0 spiro atoms. The van der Waals surface area contributed by atoms with Crippen LogP contribution >= 0.6 is 0 Å². The molecule has 1 N–H and O–H groups in total. The number of halogens is 3. The molecule has 0 atom stereocenters. The van der Waals surface area contributed by atoms with Crippen LogP contribution in [0.1, 0.15) is 15.9 Å². The van der Waals surface area contributed by atoms with E-state index in [4.69, 9.17) is 0 Å². The third-order valence-electron chi connectivity index (χ3n) is 3.23. The molecule has 134 valence electrons. The van der Waals surface area contributed by atoms with E-state index in [1.54, 1.807) is 6.92 Å². The first-order valence-corrected chi connectivity index (χ1v) is 8.83. The van der Waals surface area contributed by atoms with Crippen molar-refractivity contribution in [1.29, 1.82) is 0 Å². The predicted molar refractivity (Wildman–Crippen MR) is 85.4 cm³/mol. The maximum Gasteiger partial charge on any atom is 0.573 e. The summed E-state index contributed by atoms with van der Waals surface area (Å²) >= 11 is 0. The van der Waals surface area contributed by atoms with Crippen LogP contribution in [0.25, 0.3) is 0 Å². The number of carbonyl (C=O) groups excluding carboxylic acids is 1. The molecule has 0 saturated heterocycles. The first-order valence-electron chi connectivity index (χ1n) is 6.93. The van der Waals surface area contributed by atoms with E-state index in [-0.39, 0.29) is 16.1 Å². The van der Waals surface area contributed by atoms with Crippen LogP contribution in [0.4, 0.5) is 18.9 Å². The molecule has 0 unspecified atom stereocenters. The quantitative estimate of drug-likeness (QED) is 0.890. The van der Waals surface area contributed by atoms with Crippen molar-refractivity contribution in [3.8, 4) is 5.75 Å². The smallest absolute Gasteiger partial charge is 0.406 e. The Morgan fingerprint density at radius 3 is 2.20 bits per heavy atom. The van der Waals surface area contributed by atoms with Crippen molar-refractivity contribution in [2.24, 2.45) is 0 Å². The van der Waals surface area contributed by atoms with Crippen molar-refractivity contribution in [1.82, 2.24) is 0 Å². The summed E-state index contributed by atoms with van der Waals surface area (Å²) in [5.41, 5.74) is 0.948. The number of carbonyl (C=O) groups is 1. The molecule has 2 rings (SSSR count). The molecule has 0 aliphatic carbocycles. The molecule has 9 heteroatoms. The largest absolute Gasteiger partial charge is 0.573 e. The van der Waals surface area contributed by atoms with Crippen LogP contribution in [0, 0.1) is 6.92 Å². The summed E-state index contributed by atoms with van der Waals surface area (Å²) < 4.78 is 63.3. The highest BCUT2D eigenvalue weighted by atomic mass is 32.2. The minimum absolute atomic E-state index is 0.00262. The molecule has 0 saturated carbocycles. The third kappa shape index (κ3) is 5.21. The van der Waals surface area contributed by atoms with Crippen LogP contribution in [0.15, 0.2) is 47.4 Å². The highest BCUT2D eigenvalue weighted by Gasteiger charge is 2.31. The number of rotatable bonds is 4. The van der Waals surface area contributed by atoms with E-state index >= 15 is 0 Å². The first-order chi connectivity index (χ1) is 11.5. The van der Waals surface area contributed by atoms with Gasteiger partial charge in [0, 0.05) is 17.5 Å². The van der Waals surface area contributed by atoms with Crippen molar-refractivity contribution in [2.75, 3.05) is 11.6 Å². The minimum Gasteiger partial charge on any atom is -0.406 e. The Balaban J connectivity index is 2.20. The summed E-state index contributed by atoms with van der Waals surface area (Å²) in [5, 5.41) is 2.50.